The first-order chi connectivity index (χ1) is 14.5. The van der Waals surface area contributed by atoms with Gasteiger partial charge in [-0.15, -0.1) is 0 Å². The molecule has 0 bridgehead atoms. The van der Waals surface area contributed by atoms with Gasteiger partial charge in [-0.2, -0.15) is 0 Å². The Morgan fingerprint density at radius 2 is 1.70 bits per heavy atom. The molecule has 1 spiro atoms. The van der Waals surface area contributed by atoms with E-state index in [4.69, 9.17) is 4.74 Å². The van der Waals surface area contributed by atoms with E-state index >= 15 is 0 Å². The Morgan fingerprint density at radius 1 is 1.03 bits per heavy atom. The lowest BCUT2D eigenvalue weighted by Crippen LogP contribution is -2.44. The third-order valence-electron chi connectivity index (χ3n) is 7.41. The van der Waals surface area contributed by atoms with Crippen molar-refractivity contribution in [2.24, 2.45) is 5.41 Å². The van der Waals surface area contributed by atoms with Gasteiger partial charge < -0.3 is 14.5 Å². The predicted octanol–water partition coefficient (Wildman–Crippen LogP) is 2.56. The summed E-state index contributed by atoms with van der Waals surface area (Å²) in [5.74, 6) is 1.41. The Kier molecular flexibility index (Phi) is 6.32. The van der Waals surface area contributed by atoms with Gasteiger partial charge in [0.1, 0.15) is 5.75 Å². The largest absolute Gasteiger partial charge is 0.497 e. The SMILES string of the molecule is COc1ccc(CCC(=O)N2CCC3(CC2)CC(C(=O)N2CCCC2)N(C)C3)cc1. The van der Waals surface area contributed by atoms with Crippen LogP contribution in [0.15, 0.2) is 24.3 Å². The van der Waals surface area contributed by atoms with E-state index < -0.39 is 0 Å². The van der Waals surface area contributed by atoms with Crippen LogP contribution in [-0.4, -0.2) is 79.4 Å². The smallest absolute Gasteiger partial charge is 0.239 e. The van der Waals surface area contributed by atoms with Crippen molar-refractivity contribution in [2.75, 3.05) is 46.9 Å². The molecular formula is C24H35N3O3. The number of amides is 2. The Balaban J connectivity index is 1.26. The van der Waals surface area contributed by atoms with E-state index in [2.05, 4.69) is 16.8 Å². The number of ether oxygens (including phenoxy) is 1. The highest BCUT2D eigenvalue weighted by molar-refractivity contribution is 5.82. The average Bonchev–Trinajstić information content (AvgIpc) is 3.41. The van der Waals surface area contributed by atoms with Gasteiger partial charge in [0.15, 0.2) is 0 Å². The van der Waals surface area contributed by atoms with Crippen molar-refractivity contribution >= 4 is 11.8 Å². The highest BCUT2D eigenvalue weighted by Gasteiger charge is 2.48. The molecule has 0 aliphatic carbocycles. The number of nitrogens with zero attached hydrogens (tertiary/aromatic N) is 3. The molecule has 3 heterocycles. The second-order valence-corrected chi connectivity index (χ2v) is 9.40. The highest BCUT2D eigenvalue weighted by atomic mass is 16.5. The van der Waals surface area contributed by atoms with Crippen LogP contribution in [-0.2, 0) is 16.0 Å². The second kappa shape index (κ2) is 8.96. The minimum Gasteiger partial charge on any atom is -0.497 e. The third kappa shape index (κ3) is 4.48. The maximum absolute atomic E-state index is 12.9. The summed E-state index contributed by atoms with van der Waals surface area (Å²) in [4.78, 5) is 32.0. The minimum absolute atomic E-state index is 0.0282. The summed E-state index contributed by atoms with van der Waals surface area (Å²) in [6.45, 7) is 4.46. The fourth-order valence-electron chi connectivity index (χ4n) is 5.49. The van der Waals surface area contributed by atoms with Crippen LogP contribution in [0.1, 0.15) is 44.1 Å². The average molecular weight is 414 g/mol. The van der Waals surface area contributed by atoms with Gasteiger partial charge in [-0.1, -0.05) is 12.1 Å². The van der Waals surface area contributed by atoms with Crippen molar-refractivity contribution in [3.8, 4) is 5.75 Å². The highest BCUT2D eigenvalue weighted by Crippen LogP contribution is 2.43. The molecule has 3 fully saturated rings. The Hall–Kier alpha value is -2.08. The number of carbonyl (C=O) groups is 2. The molecule has 4 rings (SSSR count). The third-order valence-corrected chi connectivity index (χ3v) is 7.41. The number of hydrogen-bond acceptors (Lipinski definition) is 4. The van der Waals surface area contributed by atoms with Gasteiger partial charge in [0, 0.05) is 39.1 Å². The first-order valence-corrected chi connectivity index (χ1v) is 11.4. The Morgan fingerprint density at radius 3 is 2.33 bits per heavy atom. The summed E-state index contributed by atoms with van der Waals surface area (Å²) < 4.78 is 5.19. The van der Waals surface area contributed by atoms with Crippen molar-refractivity contribution in [3.05, 3.63) is 29.8 Å². The molecule has 1 aromatic rings. The van der Waals surface area contributed by atoms with Crippen LogP contribution in [0, 0.1) is 5.41 Å². The molecule has 3 aliphatic rings. The van der Waals surface area contributed by atoms with Gasteiger partial charge in [-0.25, -0.2) is 0 Å². The number of methoxy groups -OCH3 is 1. The number of likely N-dealkylation sites (tertiary alicyclic amines) is 3. The molecule has 30 heavy (non-hydrogen) atoms. The first-order valence-electron chi connectivity index (χ1n) is 11.4. The quantitative estimate of drug-likeness (QED) is 0.745. The molecule has 6 heteroatoms. The van der Waals surface area contributed by atoms with E-state index in [1.54, 1.807) is 7.11 Å². The summed E-state index contributed by atoms with van der Waals surface area (Å²) >= 11 is 0. The monoisotopic (exact) mass is 413 g/mol. The zero-order chi connectivity index (χ0) is 21.1. The Bertz CT molecular complexity index is 749. The van der Waals surface area contributed by atoms with Crippen molar-refractivity contribution in [1.82, 2.24) is 14.7 Å². The fourth-order valence-corrected chi connectivity index (χ4v) is 5.49. The molecule has 0 N–H and O–H groups in total. The number of hydrogen-bond donors (Lipinski definition) is 0. The van der Waals surface area contributed by atoms with Crippen molar-refractivity contribution in [1.29, 1.82) is 0 Å². The number of benzene rings is 1. The number of rotatable bonds is 5. The van der Waals surface area contributed by atoms with Gasteiger partial charge in [-0.05, 0) is 68.7 Å². The van der Waals surface area contributed by atoms with Crippen LogP contribution in [0.4, 0.5) is 0 Å². The van der Waals surface area contributed by atoms with Gasteiger partial charge in [-0.3, -0.25) is 14.5 Å². The standard InChI is InChI=1S/C24H35N3O3/c1-25-18-24(17-21(25)23(29)27-13-3-4-14-27)11-15-26(16-12-24)22(28)10-7-19-5-8-20(30-2)9-6-19/h5-6,8-9,21H,3-4,7,10-18H2,1-2H3. The van der Waals surface area contributed by atoms with Crippen molar-refractivity contribution in [2.45, 2.75) is 51.0 Å². The topological polar surface area (TPSA) is 53.1 Å². The first kappa shape index (κ1) is 21.2. The summed E-state index contributed by atoms with van der Waals surface area (Å²) in [6, 6.07) is 7.98. The lowest BCUT2D eigenvalue weighted by atomic mass is 9.76. The maximum atomic E-state index is 12.9. The van der Waals surface area contributed by atoms with Crippen LogP contribution in [0.2, 0.25) is 0 Å². The van der Waals surface area contributed by atoms with E-state index in [0.717, 1.165) is 77.0 Å². The van der Waals surface area contributed by atoms with Crippen LogP contribution >= 0.6 is 0 Å². The van der Waals surface area contributed by atoms with E-state index in [0.29, 0.717) is 12.3 Å². The molecule has 164 valence electrons. The van der Waals surface area contributed by atoms with E-state index in [1.165, 1.54) is 5.56 Å². The van der Waals surface area contributed by atoms with Crippen LogP contribution < -0.4 is 4.74 Å². The molecule has 0 aromatic heterocycles. The van der Waals surface area contributed by atoms with Crippen LogP contribution in [0.3, 0.4) is 0 Å². The molecular weight excluding hydrogens is 378 g/mol. The van der Waals surface area contributed by atoms with Crippen molar-refractivity contribution < 1.29 is 14.3 Å². The number of aryl methyl sites for hydroxylation is 1. The molecule has 0 saturated carbocycles. The molecule has 3 aliphatic heterocycles. The number of carbonyl (C=O) groups excluding carboxylic acids is 2. The predicted molar refractivity (Wildman–Crippen MR) is 116 cm³/mol. The molecule has 2 amide bonds. The molecule has 3 saturated heterocycles. The lowest BCUT2D eigenvalue weighted by Gasteiger charge is -2.39. The maximum Gasteiger partial charge on any atom is 0.239 e. The fraction of sp³-hybridized carbons (Fsp3) is 0.667. The van der Waals surface area contributed by atoms with E-state index in [1.807, 2.05) is 29.2 Å². The second-order valence-electron chi connectivity index (χ2n) is 9.40. The van der Waals surface area contributed by atoms with Crippen LogP contribution in [0.25, 0.3) is 0 Å². The summed E-state index contributed by atoms with van der Waals surface area (Å²) in [6.07, 6.45) is 6.56. The lowest BCUT2D eigenvalue weighted by molar-refractivity contribution is -0.135. The zero-order valence-electron chi connectivity index (χ0n) is 18.4. The van der Waals surface area contributed by atoms with Crippen molar-refractivity contribution in [3.63, 3.8) is 0 Å². The van der Waals surface area contributed by atoms with E-state index in [9.17, 15) is 9.59 Å². The van der Waals surface area contributed by atoms with Gasteiger partial charge >= 0.3 is 0 Å². The molecule has 1 atom stereocenters. The number of likely N-dealkylation sites (N-methyl/N-ethyl adjacent to an activating group) is 1. The molecule has 1 aromatic carbocycles. The summed E-state index contributed by atoms with van der Waals surface area (Å²) in [5.41, 5.74) is 1.36. The summed E-state index contributed by atoms with van der Waals surface area (Å²) in [5, 5.41) is 0. The number of piperidine rings is 1. The van der Waals surface area contributed by atoms with Gasteiger partial charge in [0.05, 0.1) is 13.2 Å². The summed E-state index contributed by atoms with van der Waals surface area (Å²) in [7, 11) is 3.76. The Labute approximate surface area is 180 Å². The normalized spacial score (nSPS) is 23.9. The van der Waals surface area contributed by atoms with Gasteiger partial charge in [0.25, 0.3) is 0 Å². The van der Waals surface area contributed by atoms with Crippen LogP contribution in [0.5, 0.6) is 5.75 Å². The van der Waals surface area contributed by atoms with Gasteiger partial charge in [0.2, 0.25) is 11.8 Å². The zero-order valence-corrected chi connectivity index (χ0v) is 18.4. The molecule has 0 radical (unpaired) electrons. The van der Waals surface area contributed by atoms with E-state index in [-0.39, 0.29) is 17.4 Å². The molecule has 1 unspecified atom stereocenters. The minimum atomic E-state index is 0.0282. The molecule has 6 nitrogen and oxygen atoms in total.